The van der Waals surface area contributed by atoms with Gasteiger partial charge in [0, 0.05) is 26.2 Å². The molecule has 25 heavy (non-hydrogen) atoms. The molecule has 2 N–H and O–H groups in total. The molecule has 1 amide bonds. The minimum atomic E-state index is -0.293. The average molecular weight is 344 g/mol. The molecule has 0 spiro atoms. The molecule has 1 aromatic rings. The number of guanidine groups is 1. The number of benzene rings is 1. The van der Waals surface area contributed by atoms with Crippen molar-refractivity contribution in [2.45, 2.75) is 12.8 Å². The van der Waals surface area contributed by atoms with Crippen molar-refractivity contribution < 1.29 is 9.53 Å². The van der Waals surface area contributed by atoms with Crippen LogP contribution in [0.5, 0.6) is 0 Å². The highest BCUT2D eigenvalue weighted by atomic mass is 16.5. The summed E-state index contributed by atoms with van der Waals surface area (Å²) in [5.74, 6) is 0.509. The Hall–Kier alpha value is -2.34. The molecule has 1 unspecified atom stereocenters. The maximum absolute atomic E-state index is 13.0. The van der Waals surface area contributed by atoms with Gasteiger partial charge in [-0.2, -0.15) is 0 Å². The summed E-state index contributed by atoms with van der Waals surface area (Å²) in [6, 6.07) is 9.85. The second kappa shape index (κ2) is 10.5. The SMILES string of the molecule is C=CCNC(=NCC(C(=O)N1CCOCC1)c1ccccc1)NCC. The molecule has 0 aliphatic carbocycles. The molecule has 0 saturated carbocycles. The van der Waals surface area contributed by atoms with Crippen LogP contribution in [0, 0.1) is 0 Å². The minimum absolute atomic E-state index is 0.109. The zero-order valence-corrected chi connectivity index (χ0v) is 14.9. The lowest BCUT2D eigenvalue weighted by Gasteiger charge is -2.30. The van der Waals surface area contributed by atoms with Crippen molar-refractivity contribution in [3.63, 3.8) is 0 Å². The number of amides is 1. The monoisotopic (exact) mass is 344 g/mol. The summed E-state index contributed by atoms with van der Waals surface area (Å²) in [6.45, 7) is 9.97. The summed E-state index contributed by atoms with van der Waals surface area (Å²) in [7, 11) is 0. The number of ether oxygens (including phenoxy) is 1. The zero-order chi connectivity index (χ0) is 17.9. The van der Waals surface area contributed by atoms with Crippen molar-refractivity contribution in [2.24, 2.45) is 4.99 Å². The lowest BCUT2D eigenvalue weighted by atomic mass is 9.97. The molecule has 0 aromatic heterocycles. The third-order valence-electron chi connectivity index (χ3n) is 4.01. The molecule has 0 radical (unpaired) electrons. The van der Waals surface area contributed by atoms with Gasteiger partial charge >= 0.3 is 0 Å². The number of carbonyl (C=O) groups excluding carboxylic acids is 1. The van der Waals surface area contributed by atoms with Gasteiger partial charge in [0.25, 0.3) is 0 Å². The Kier molecular flexibility index (Phi) is 7.98. The Bertz CT molecular complexity index is 568. The van der Waals surface area contributed by atoms with Gasteiger partial charge in [-0.1, -0.05) is 36.4 Å². The smallest absolute Gasteiger partial charge is 0.232 e. The van der Waals surface area contributed by atoms with Crippen LogP contribution in [-0.4, -0.2) is 62.7 Å². The van der Waals surface area contributed by atoms with Crippen molar-refractivity contribution in [1.82, 2.24) is 15.5 Å². The van der Waals surface area contributed by atoms with Crippen LogP contribution in [0.25, 0.3) is 0 Å². The molecule has 6 nitrogen and oxygen atoms in total. The molecule has 136 valence electrons. The van der Waals surface area contributed by atoms with Crippen LogP contribution in [0.4, 0.5) is 0 Å². The summed E-state index contributed by atoms with van der Waals surface area (Å²) in [5, 5.41) is 6.36. The molecule has 1 heterocycles. The second-order valence-electron chi connectivity index (χ2n) is 5.79. The van der Waals surface area contributed by atoms with Gasteiger partial charge in [-0.3, -0.25) is 9.79 Å². The number of hydrogen-bond donors (Lipinski definition) is 2. The molecule has 2 rings (SSSR count). The summed E-state index contributed by atoms with van der Waals surface area (Å²) in [4.78, 5) is 19.5. The molecule has 1 aliphatic rings. The third-order valence-corrected chi connectivity index (χ3v) is 4.01. The van der Waals surface area contributed by atoms with Crippen LogP contribution in [0.1, 0.15) is 18.4 Å². The highest BCUT2D eigenvalue weighted by molar-refractivity contribution is 5.85. The van der Waals surface area contributed by atoms with Crippen LogP contribution in [0.2, 0.25) is 0 Å². The lowest BCUT2D eigenvalue weighted by molar-refractivity contribution is -0.136. The molecule has 1 saturated heterocycles. The van der Waals surface area contributed by atoms with E-state index in [1.807, 2.05) is 42.2 Å². The van der Waals surface area contributed by atoms with Crippen LogP contribution < -0.4 is 10.6 Å². The van der Waals surface area contributed by atoms with Gasteiger partial charge in [-0.05, 0) is 12.5 Å². The van der Waals surface area contributed by atoms with Crippen molar-refractivity contribution in [1.29, 1.82) is 0 Å². The fourth-order valence-corrected chi connectivity index (χ4v) is 2.71. The van der Waals surface area contributed by atoms with Crippen molar-refractivity contribution >= 4 is 11.9 Å². The fourth-order valence-electron chi connectivity index (χ4n) is 2.71. The quantitative estimate of drug-likeness (QED) is 0.445. The standard InChI is InChI=1S/C19H28N4O2/c1-3-10-21-19(20-4-2)22-15-17(16-8-6-5-7-9-16)18(24)23-11-13-25-14-12-23/h3,5-9,17H,1,4,10-15H2,2H3,(H2,20,21,22). The van der Waals surface area contributed by atoms with Crippen molar-refractivity contribution in [3.05, 3.63) is 48.6 Å². The van der Waals surface area contributed by atoms with E-state index < -0.39 is 0 Å². The van der Waals surface area contributed by atoms with E-state index in [1.165, 1.54) is 0 Å². The molecular weight excluding hydrogens is 316 g/mol. The first-order chi connectivity index (χ1) is 12.3. The summed E-state index contributed by atoms with van der Waals surface area (Å²) < 4.78 is 5.36. The number of aliphatic imine (C=N–C) groups is 1. The largest absolute Gasteiger partial charge is 0.378 e. The number of rotatable bonds is 7. The molecule has 1 fully saturated rings. The van der Waals surface area contributed by atoms with Crippen LogP contribution in [0.15, 0.2) is 48.0 Å². The summed E-state index contributed by atoms with van der Waals surface area (Å²) in [5.41, 5.74) is 0.988. The van der Waals surface area contributed by atoms with E-state index in [1.54, 1.807) is 6.08 Å². The Morgan fingerprint density at radius 1 is 1.32 bits per heavy atom. The van der Waals surface area contributed by atoms with Gasteiger partial charge in [0.2, 0.25) is 5.91 Å². The van der Waals surface area contributed by atoms with E-state index in [-0.39, 0.29) is 11.8 Å². The van der Waals surface area contributed by atoms with Crippen molar-refractivity contribution in [2.75, 3.05) is 45.9 Å². The van der Waals surface area contributed by atoms with E-state index in [2.05, 4.69) is 22.2 Å². The average Bonchev–Trinajstić information content (AvgIpc) is 2.67. The van der Waals surface area contributed by atoms with Crippen LogP contribution in [0.3, 0.4) is 0 Å². The van der Waals surface area contributed by atoms with Gasteiger partial charge < -0.3 is 20.3 Å². The predicted molar refractivity (Wildman–Crippen MR) is 101 cm³/mol. The summed E-state index contributed by atoms with van der Waals surface area (Å²) >= 11 is 0. The van der Waals surface area contributed by atoms with Gasteiger partial charge in [-0.25, -0.2) is 0 Å². The Labute approximate surface area is 150 Å². The fraction of sp³-hybridized carbons (Fsp3) is 0.474. The molecule has 1 aromatic carbocycles. The van der Waals surface area contributed by atoms with Gasteiger partial charge in [0.1, 0.15) is 0 Å². The number of morpholine rings is 1. The first-order valence-electron chi connectivity index (χ1n) is 8.80. The van der Waals surface area contributed by atoms with E-state index in [0.717, 1.165) is 12.1 Å². The van der Waals surface area contributed by atoms with Gasteiger partial charge in [0.05, 0.1) is 25.7 Å². The van der Waals surface area contributed by atoms with Crippen LogP contribution in [-0.2, 0) is 9.53 Å². The van der Waals surface area contributed by atoms with Gasteiger partial charge in [0.15, 0.2) is 5.96 Å². The highest BCUT2D eigenvalue weighted by Crippen LogP contribution is 2.20. The Morgan fingerprint density at radius 2 is 2.04 bits per heavy atom. The topological polar surface area (TPSA) is 66.0 Å². The second-order valence-corrected chi connectivity index (χ2v) is 5.79. The van der Waals surface area contributed by atoms with E-state index >= 15 is 0 Å². The lowest BCUT2D eigenvalue weighted by Crippen LogP contribution is -2.44. The number of nitrogens with zero attached hydrogens (tertiary/aromatic N) is 2. The molecule has 0 bridgehead atoms. The zero-order valence-electron chi connectivity index (χ0n) is 14.9. The third kappa shape index (κ3) is 5.90. The van der Waals surface area contributed by atoms with E-state index in [0.29, 0.717) is 45.4 Å². The summed E-state index contributed by atoms with van der Waals surface area (Å²) in [6.07, 6.45) is 1.78. The predicted octanol–water partition coefficient (Wildman–Crippen LogP) is 1.37. The molecular formula is C19H28N4O2. The highest BCUT2D eigenvalue weighted by Gasteiger charge is 2.27. The number of hydrogen-bond acceptors (Lipinski definition) is 3. The van der Waals surface area contributed by atoms with Crippen LogP contribution >= 0.6 is 0 Å². The normalized spacial score (nSPS) is 16.2. The number of carbonyl (C=O) groups is 1. The molecule has 1 atom stereocenters. The molecule has 6 heteroatoms. The van der Waals surface area contributed by atoms with E-state index in [4.69, 9.17) is 4.74 Å². The van der Waals surface area contributed by atoms with Gasteiger partial charge in [-0.15, -0.1) is 6.58 Å². The Morgan fingerprint density at radius 3 is 2.68 bits per heavy atom. The number of nitrogens with one attached hydrogen (secondary N) is 2. The molecule has 1 aliphatic heterocycles. The Balaban J connectivity index is 2.16. The minimum Gasteiger partial charge on any atom is -0.378 e. The first-order valence-corrected chi connectivity index (χ1v) is 8.80. The maximum atomic E-state index is 13.0. The first kappa shape index (κ1) is 19.0. The van der Waals surface area contributed by atoms with Crippen molar-refractivity contribution in [3.8, 4) is 0 Å². The maximum Gasteiger partial charge on any atom is 0.232 e. The van der Waals surface area contributed by atoms with E-state index in [9.17, 15) is 4.79 Å².